The van der Waals surface area contributed by atoms with Crippen molar-refractivity contribution in [2.75, 3.05) is 10.6 Å². The first-order chi connectivity index (χ1) is 11.6. The second kappa shape index (κ2) is 7.92. The van der Waals surface area contributed by atoms with Crippen molar-refractivity contribution in [2.24, 2.45) is 5.92 Å². The summed E-state index contributed by atoms with van der Waals surface area (Å²) >= 11 is 7.16. The van der Waals surface area contributed by atoms with Crippen LogP contribution in [0.4, 0.5) is 11.4 Å². The minimum atomic E-state index is 0.321. The van der Waals surface area contributed by atoms with E-state index in [4.69, 9.17) is 0 Å². The van der Waals surface area contributed by atoms with E-state index in [0.29, 0.717) is 18.0 Å². The van der Waals surface area contributed by atoms with E-state index in [1.165, 1.54) is 29.8 Å². The third-order valence-electron chi connectivity index (χ3n) is 4.87. The highest BCUT2D eigenvalue weighted by atomic mass is 79.9. The molecule has 2 nitrogen and oxygen atoms in total. The molecular formula is C20H24Br2N2. The van der Waals surface area contributed by atoms with E-state index in [0.717, 1.165) is 15.4 Å². The maximum absolute atomic E-state index is 3.80. The molecule has 4 heteroatoms. The monoisotopic (exact) mass is 450 g/mol. The lowest BCUT2D eigenvalue weighted by Gasteiger charge is -2.41. The van der Waals surface area contributed by atoms with E-state index in [1.807, 2.05) is 0 Å². The summed E-state index contributed by atoms with van der Waals surface area (Å²) in [7, 11) is 0. The van der Waals surface area contributed by atoms with Crippen molar-refractivity contribution in [1.82, 2.24) is 0 Å². The fourth-order valence-corrected chi connectivity index (χ4v) is 4.36. The maximum atomic E-state index is 3.80. The Morgan fingerprint density at radius 3 is 2.38 bits per heavy atom. The summed E-state index contributed by atoms with van der Waals surface area (Å²) in [5.74, 6) is 0.565. The van der Waals surface area contributed by atoms with Gasteiger partial charge in [-0.15, -0.1) is 0 Å². The molecule has 0 saturated carbocycles. The highest BCUT2D eigenvalue weighted by molar-refractivity contribution is 9.10. The Hall–Kier alpha value is -1.00. The predicted molar refractivity (Wildman–Crippen MR) is 111 cm³/mol. The Kier molecular flexibility index (Phi) is 5.88. The molecule has 128 valence electrons. The van der Waals surface area contributed by atoms with Crippen LogP contribution in [0.1, 0.15) is 44.7 Å². The Morgan fingerprint density at radius 2 is 1.71 bits per heavy atom. The van der Waals surface area contributed by atoms with Gasteiger partial charge >= 0.3 is 0 Å². The van der Waals surface area contributed by atoms with Gasteiger partial charge in [0.05, 0.1) is 6.04 Å². The lowest BCUT2D eigenvalue weighted by molar-refractivity contribution is 0.349. The van der Waals surface area contributed by atoms with Crippen molar-refractivity contribution < 1.29 is 0 Å². The Morgan fingerprint density at radius 1 is 1.00 bits per heavy atom. The largest absolute Gasteiger partial charge is 0.382 e. The van der Waals surface area contributed by atoms with Crippen LogP contribution in [-0.2, 0) is 0 Å². The van der Waals surface area contributed by atoms with E-state index in [9.17, 15) is 0 Å². The third-order valence-corrected chi connectivity index (χ3v) is 5.89. The molecule has 3 atom stereocenters. The van der Waals surface area contributed by atoms with Gasteiger partial charge < -0.3 is 10.6 Å². The molecule has 0 aromatic heterocycles. The normalized spacial score (nSPS) is 22.6. The van der Waals surface area contributed by atoms with Gasteiger partial charge in [0.2, 0.25) is 0 Å². The number of benzene rings is 2. The van der Waals surface area contributed by atoms with Crippen LogP contribution >= 0.6 is 31.9 Å². The SMILES string of the molecule is CCC[C@@H]1Nc2ccc(Br)cc2[C@H](Nc2ccc(Br)cc2)[C@H]1CC. The topological polar surface area (TPSA) is 24.1 Å². The van der Waals surface area contributed by atoms with Crippen molar-refractivity contribution in [1.29, 1.82) is 0 Å². The molecule has 0 saturated heterocycles. The first kappa shape index (κ1) is 17.8. The number of nitrogens with one attached hydrogen (secondary N) is 2. The van der Waals surface area contributed by atoms with E-state index < -0.39 is 0 Å². The van der Waals surface area contributed by atoms with Gasteiger partial charge in [-0.05, 0) is 60.9 Å². The summed E-state index contributed by atoms with van der Waals surface area (Å²) in [6.45, 7) is 4.57. The zero-order chi connectivity index (χ0) is 17.1. The summed E-state index contributed by atoms with van der Waals surface area (Å²) in [6.07, 6.45) is 3.55. The molecule has 1 heterocycles. The van der Waals surface area contributed by atoms with Crippen molar-refractivity contribution in [3.8, 4) is 0 Å². The highest BCUT2D eigenvalue weighted by Gasteiger charge is 2.35. The zero-order valence-electron chi connectivity index (χ0n) is 14.2. The summed E-state index contributed by atoms with van der Waals surface area (Å²) < 4.78 is 2.24. The van der Waals surface area contributed by atoms with Gasteiger partial charge in [-0.3, -0.25) is 0 Å². The summed E-state index contributed by atoms with van der Waals surface area (Å²) in [4.78, 5) is 0. The quantitative estimate of drug-likeness (QED) is 0.511. The molecule has 1 aliphatic rings. The van der Waals surface area contributed by atoms with Crippen LogP contribution in [0.15, 0.2) is 51.4 Å². The van der Waals surface area contributed by atoms with E-state index in [-0.39, 0.29) is 0 Å². The lowest BCUT2D eigenvalue weighted by Crippen LogP contribution is -2.40. The average molecular weight is 452 g/mol. The molecule has 0 spiro atoms. The minimum absolute atomic E-state index is 0.321. The summed E-state index contributed by atoms with van der Waals surface area (Å²) in [6, 6.07) is 15.9. The van der Waals surface area contributed by atoms with Crippen molar-refractivity contribution in [2.45, 2.75) is 45.2 Å². The molecule has 2 aromatic rings. The first-order valence-electron chi connectivity index (χ1n) is 8.70. The van der Waals surface area contributed by atoms with Crippen LogP contribution in [0, 0.1) is 5.92 Å². The molecule has 3 rings (SSSR count). The molecule has 0 radical (unpaired) electrons. The van der Waals surface area contributed by atoms with Gasteiger partial charge in [0, 0.05) is 32.3 Å². The molecule has 2 aromatic carbocycles. The molecule has 2 N–H and O–H groups in total. The predicted octanol–water partition coefficient (Wildman–Crippen LogP) is 6.99. The number of hydrogen-bond acceptors (Lipinski definition) is 2. The zero-order valence-corrected chi connectivity index (χ0v) is 17.3. The maximum Gasteiger partial charge on any atom is 0.0582 e. The van der Waals surface area contributed by atoms with Crippen molar-refractivity contribution in [3.63, 3.8) is 0 Å². The molecule has 1 aliphatic heterocycles. The van der Waals surface area contributed by atoms with Gasteiger partial charge in [0.1, 0.15) is 0 Å². The van der Waals surface area contributed by atoms with Gasteiger partial charge in [-0.1, -0.05) is 52.1 Å². The number of halogens is 2. The lowest BCUT2D eigenvalue weighted by atomic mass is 9.79. The molecule has 0 bridgehead atoms. The number of rotatable bonds is 5. The van der Waals surface area contributed by atoms with Gasteiger partial charge in [-0.25, -0.2) is 0 Å². The second-order valence-corrected chi connectivity index (χ2v) is 8.30. The summed E-state index contributed by atoms with van der Waals surface area (Å²) in [5, 5.41) is 7.58. The smallest absolute Gasteiger partial charge is 0.0582 e. The average Bonchev–Trinajstić information content (AvgIpc) is 2.58. The Labute approximate surface area is 161 Å². The standard InChI is InChI=1S/C20H24Br2N2/c1-3-5-18-16(4-2)20(23-15-9-6-13(21)7-10-15)17-12-14(22)8-11-19(17)24-18/h6-12,16,18,20,23-24H,3-5H2,1-2H3/t16-,18-,20+/m0/s1. The highest BCUT2D eigenvalue weighted by Crippen LogP contribution is 2.42. The van der Waals surface area contributed by atoms with Crippen LogP contribution in [0.2, 0.25) is 0 Å². The fourth-order valence-electron chi connectivity index (χ4n) is 3.72. The van der Waals surface area contributed by atoms with Crippen molar-refractivity contribution in [3.05, 3.63) is 57.0 Å². The van der Waals surface area contributed by atoms with Gasteiger partial charge in [-0.2, -0.15) is 0 Å². The van der Waals surface area contributed by atoms with E-state index in [1.54, 1.807) is 0 Å². The van der Waals surface area contributed by atoms with Crippen LogP contribution in [0.3, 0.4) is 0 Å². The first-order valence-corrected chi connectivity index (χ1v) is 10.3. The van der Waals surface area contributed by atoms with Crippen LogP contribution < -0.4 is 10.6 Å². The molecule has 0 fully saturated rings. The Bertz CT molecular complexity index is 685. The van der Waals surface area contributed by atoms with E-state index in [2.05, 4.69) is 98.8 Å². The van der Waals surface area contributed by atoms with Crippen LogP contribution in [-0.4, -0.2) is 6.04 Å². The molecule has 0 aliphatic carbocycles. The fraction of sp³-hybridized carbons (Fsp3) is 0.400. The second-order valence-electron chi connectivity index (χ2n) is 6.47. The Balaban J connectivity index is 1.98. The van der Waals surface area contributed by atoms with Gasteiger partial charge in [0.25, 0.3) is 0 Å². The number of fused-ring (bicyclic) bond motifs is 1. The van der Waals surface area contributed by atoms with Crippen LogP contribution in [0.25, 0.3) is 0 Å². The minimum Gasteiger partial charge on any atom is -0.382 e. The van der Waals surface area contributed by atoms with Crippen LogP contribution in [0.5, 0.6) is 0 Å². The van der Waals surface area contributed by atoms with E-state index >= 15 is 0 Å². The molecule has 24 heavy (non-hydrogen) atoms. The molecule has 0 amide bonds. The van der Waals surface area contributed by atoms with Gasteiger partial charge in [0.15, 0.2) is 0 Å². The number of anilines is 2. The summed E-state index contributed by atoms with van der Waals surface area (Å²) in [5.41, 5.74) is 3.78. The molecule has 0 unspecified atom stereocenters. The molecular weight excluding hydrogens is 428 g/mol. The van der Waals surface area contributed by atoms with Crippen molar-refractivity contribution >= 4 is 43.2 Å². The third kappa shape index (κ3) is 3.80. The number of hydrogen-bond donors (Lipinski definition) is 2.